The smallest absolute Gasteiger partial charge is 0.254 e. The van der Waals surface area contributed by atoms with Crippen LogP contribution in [0.5, 0.6) is 0 Å². The maximum atomic E-state index is 12.1. The van der Waals surface area contributed by atoms with E-state index in [1.807, 2.05) is 42.5 Å². The van der Waals surface area contributed by atoms with Gasteiger partial charge in [0.2, 0.25) is 0 Å². The summed E-state index contributed by atoms with van der Waals surface area (Å²) >= 11 is 0. The number of carbonyl (C=O) groups excluding carboxylic acids is 1. The average molecular weight is 391 g/mol. The lowest BCUT2D eigenvalue weighted by Crippen LogP contribution is -2.26. The van der Waals surface area contributed by atoms with Crippen LogP contribution in [0, 0.1) is 0 Å². The van der Waals surface area contributed by atoms with Crippen LogP contribution >= 0.6 is 0 Å². The Kier molecular flexibility index (Phi) is 7.48. The standard InChI is InChI=1S/C21H25N7O/c22-13-16(21(29)26-15-17-5-3-4-9-25-17)14-24-12-11-23-10-8-20-27-18-6-1-2-7-19(18)28-20/h1-7,9,13-14,23H,8,10-12,15,22H2,(H,26,29)(H,27,28). The monoisotopic (exact) mass is 391 g/mol. The fraction of sp³-hybridized carbons (Fsp3) is 0.238. The molecule has 150 valence electrons. The molecule has 0 unspecified atom stereocenters. The molecule has 2 aromatic heterocycles. The van der Waals surface area contributed by atoms with Crippen LogP contribution < -0.4 is 16.4 Å². The van der Waals surface area contributed by atoms with E-state index >= 15 is 0 Å². The maximum absolute atomic E-state index is 12.1. The van der Waals surface area contributed by atoms with Gasteiger partial charge in [0.1, 0.15) is 5.82 Å². The van der Waals surface area contributed by atoms with E-state index in [0.29, 0.717) is 25.2 Å². The largest absolute Gasteiger partial charge is 0.404 e. The van der Waals surface area contributed by atoms with Gasteiger partial charge < -0.3 is 21.4 Å². The van der Waals surface area contributed by atoms with Gasteiger partial charge in [0, 0.05) is 38.1 Å². The van der Waals surface area contributed by atoms with E-state index in [4.69, 9.17) is 5.73 Å². The van der Waals surface area contributed by atoms with Gasteiger partial charge in [-0.1, -0.05) is 18.2 Å². The molecule has 0 aliphatic rings. The van der Waals surface area contributed by atoms with Crippen molar-refractivity contribution in [2.24, 2.45) is 10.7 Å². The number of hydrogen-bond acceptors (Lipinski definition) is 6. The number of aromatic amines is 1. The van der Waals surface area contributed by atoms with Gasteiger partial charge in [-0.15, -0.1) is 0 Å². The second-order valence-electron chi connectivity index (χ2n) is 6.36. The highest BCUT2D eigenvalue weighted by Gasteiger charge is 2.06. The summed E-state index contributed by atoms with van der Waals surface area (Å²) < 4.78 is 0. The molecular weight excluding hydrogens is 366 g/mol. The summed E-state index contributed by atoms with van der Waals surface area (Å²) in [6.07, 6.45) is 5.24. The van der Waals surface area contributed by atoms with Crippen molar-refractivity contribution in [2.45, 2.75) is 13.0 Å². The average Bonchev–Trinajstić information content (AvgIpc) is 3.17. The predicted molar refractivity (Wildman–Crippen MR) is 114 cm³/mol. The number of nitrogens with zero attached hydrogens (tertiary/aromatic N) is 3. The summed E-state index contributed by atoms with van der Waals surface area (Å²) in [6, 6.07) is 13.5. The van der Waals surface area contributed by atoms with Gasteiger partial charge in [0.25, 0.3) is 5.91 Å². The predicted octanol–water partition coefficient (Wildman–Crippen LogP) is 1.32. The van der Waals surface area contributed by atoms with Gasteiger partial charge in [-0.05, 0) is 24.3 Å². The van der Waals surface area contributed by atoms with Crippen molar-refractivity contribution in [3.8, 4) is 0 Å². The third kappa shape index (κ3) is 6.25. The van der Waals surface area contributed by atoms with E-state index in [2.05, 4.69) is 30.6 Å². The molecule has 0 atom stereocenters. The van der Waals surface area contributed by atoms with E-state index in [-0.39, 0.29) is 5.91 Å². The fourth-order valence-corrected chi connectivity index (χ4v) is 2.72. The minimum absolute atomic E-state index is 0.278. The summed E-state index contributed by atoms with van der Waals surface area (Å²) in [5, 5.41) is 6.09. The van der Waals surface area contributed by atoms with Crippen molar-refractivity contribution in [3.63, 3.8) is 0 Å². The SMILES string of the molecule is NC=C(C=NCCNCCc1nc2ccccc2[nH]1)C(=O)NCc1ccccn1. The zero-order valence-corrected chi connectivity index (χ0v) is 16.1. The van der Waals surface area contributed by atoms with Gasteiger partial charge in [-0.3, -0.25) is 14.8 Å². The van der Waals surface area contributed by atoms with Gasteiger partial charge in [-0.25, -0.2) is 4.98 Å². The number of benzene rings is 1. The molecular formula is C21H25N7O. The van der Waals surface area contributed by atoms with Gasteiger partial charge in [-0.2, -0.15) is 0 Å². The molecule has 0 radical (unpaired) electrons. The molecule has 1 aromatic carbocycles. The minimum Gasteiger partial charge on any atom is -0.404 e. The quantitative estimate of drug-likeness (QED) is 0.236. The Labute approximate surface area is 169 Å². The number of imidazole rings is 1. The van der Waals surface area contributed by atoms with Crippen LogP contribution in [0.25, 0.3) is 11.0 Å². The fourth-order valence-electron chi connectivity index (χ4n) is 2.72. The number of amides is 1. The second kappa shape index (κ2) is 10.7. The highest BCUT2D eigenvalue weighted by molar-refractivity contribution is 6.11. The highest BCUT2D eigenvalue weighted by Crippen LogP contribution is 2.10. The molecule has 2 heterocycles. The van der Waals surface area contributed by atoms with Crippen molar-refractivity contribution in [1.29, 1.82) is 0 Å². The number of nitrogens with two attached hydrogens (primary N) is 1. The molecule has 0 aliphatic carbocycles. The molecule has 0 bridgehead atoms. The third-order valence-electron chi connectivity index (χ3n) is 4.22. The Balaban J connectivity index is 1.33. The Hall–Kier alpha value is -3.52. The van der Waals surface area contributed by atoms with Crippen molar-refractivity contribution in [1.82, 2.24) is 25.6 Å². The Bertz CT molecular complexity index is 946. The van der Waals surface area contributed by atoms with Crippen LogP contribution in [0.15, 0.2) is 65.4 Å². The molecule has 3 aromatic rings. The van der Waals surface area contributed by atoms with Crippen LogP contribution in [0.3, 0.4) is 0 Å². The summed E-state index contributed by atoms with van der Waals surface area (Å²) in [6.45, 7) is 2.38. The van der Waals surface area contributed by atoms with Crippen LogP contribution in [0.1, 0.15) is 11.5 Å². The van der Waals surface area contributed by atoms with Crippen molar-refractivity contribution < 1.29 is 4.79 Å². The molecule has 3 rings (SSSR count). The zero-order chi connectivity index (χ0) is 20.3. The van der Waals surface area contributed by atoms with Crippen LogP contribution in [-0.2, 0) is 17.8 Å². The number of hydrogen-bond donors (Lipinski definition) is 4. The summed E-state index contributed by atoms with van der Waals surface area (Å²) in [5.74, 6) is 0.680. The lowest BCUT2D eigenvalue weighted by Gasteiger charge is -2.05. The number of rotatable bonds is 10. The Morgan fingerprint density at radius 3 is 2.83 bits per heavy atom. The Morgan fingerprint density at radius 2 is 2.03 bits per heavy atom. The molecule has 29 heavy (non-hydrogen) atoms. The van der Waals surface area contributed by atoms with Crippen LogP contribution in [0.2, 0.25) is 0 Å². The lowest BCUT2D eigenvalue weighted by atomic mass is 10.2. The first-order valence-corrected chi connectivity index (χ1v) is 9.50. The van der Waals surface area contributed by atoms with E-state index in [0.717, 1.165) is 35.5 Å². The van der Waals surface area contributed by atoms with E-state index in [1.54, 1.807) is 6.20 Å². The molecule has 0 aliphatic heterocycles. The number of H-pyrrole nitrogens is 1. The Morgan fingerprint density at radius 1 is 1.17 bits per heavy atom. The number of pyridine rings is 1. The molecule has 8 nitrogen and oxygen atoms in total. The molecule has 0 saturated heterocycles. The van der Waals surface area contributed by atoms with E-state index in [9.17, 15) is 4.79 Å². The maximum Gasteiger partial charge on any atom is 0.254 e. The molecule has 0 spiro atoms. The highest BCUT2D eigenvalue weighted by atomic mass is 16.1. The first-order chi connectivity index (χ1) is 14.3. The van der Waals surface area contributed by atoms with Gasteiger partial charge in [0.05, 0.1) is 35.4 Å². The number of aromatic nitrogens is 3. The lowest BCUT2D eigenvalue weighted by molar-refractivity contribution is -0.117. The zero-order valence-electron chi connectivity index (χ0n) is 16.1. The van der Waals surface area contributed by atoms with Crippen molar-refractivity contribution in [3.05, 3.63) is 72.0 Å². The number of fused-ring (bicyclic) bond motifs is 1. The third-order valence-corrected chi connectivity index (χ3v) is 4.22. The number of para-hydroxylation sites is 2. The number of carbonyl (C=O) groups is 1. The summed E-state index contributed by atoms with van der Waals surface area (Å²) in [7, 11) is 0. The molecule has 0 fully saturated rings. The minimum atomic E-state index is -0.278. The number of aliphatic imine (C=N–C) groups is 1. The second-order valence-corrected chi connectivity index (χ2v) is 6.36. The molecule has 8 heteroatoms. The van der Waals surface area contributed by atoms with Gasteiger partial charge in [0.15, 0.2) is 0 Å². The van der Waals surface area contributed by atoms with Crippen LogP contribution in [-0.4, -0.2) is 46.7 Å². The number of nitrogens with one attached hydrogen (secondary N) is 3. The molecule has 0 saturated carbocycles. The van der Waals surface area contributed by atoms with Crippen molar-refractivity contribution >= 4 is 23.2 Å². The topological polar surface area (TPSA) is 121 Å². The van der Waals surface area contributed by atoms with Crippen molar-refractivity contribution in [2.75, 3.05) is 19.6 Å². The summed E-state index contributed by atoms with van der Waals surface area (Å²) in [4.78, 5) is 28.4. The van der Waals surface area contributed by atoms with E-state index in [1.165, 1.54) is 12.4 Å². The first-order valence-electron chi connectivity index (χ1n) is 9.50. The van der Waals surface area contributed by atoms with Crippen LogP contribution in [0.4, 0.5) is 0 Å². The summed E-state index contributed by atoms with van der Waals surface area (Å²) in [5.41, 5.74) is 8.68. The van der Waals surface area contributed by atoms with Gasteiger partial charge >= 0.3 is 0 Å². The first kappa shape index (κ1) is 20.2. The normalized spacial score (nSPS) is 11.9. The molecule has 5 N–H and O–H groups in total. The van der Waals surface area contributed by atoms with E-state index < -0.39 is 0 Å². The molecule has 1 amide bonds.